The maximum Gasteiger partial charge on any atom is 0.0334 e. The van der Waals surface area contributed by atoms with Gasteiger partial charge in [-0.25, -0.2) is 0 Å². The van der Waals surface area contributed by atoms with Gasteiger partial charge < -0.3 is 5.32 Å². The SMILES string of the molecule is CCCNC(CC1CCCC1)c1cc(Br)c(C)cc1Br. The van der Waals surface area contributed by atoms with Crippen LogP contribution in [0.2, 0.25) is 0 Å². The molecule has 0 amide bonds. The van der Waals surface area contributed by atoms with Crippen molar-refractivity contribution in [2.45, 2.75) is 58.4 Å². The number of benzene rings is 1. The minimum absolute atomic E-state index is 0.476. The fourth-order valence-corrected chi connectivity index (χ4v) is 4.24. The molecule has 0 saturated heterocycles. The van der Waals surface area contributed by atoms with E-state index in [-0.39, 0.29) is 0 Å². The van der Waals surface area contributed by atoms with E-state index in [4.69, 9.17) is 0 Å². The van der Waals surface area contributed by atoms with Crippen molar-refractivity contribution in [1.29, 1.82) is 0 Å². The summed E-state index contributed by atoms with van der Waals surface area (Å²) in [5.41, 5.74) is 2.69. The van der Waals surface area contributed by atoms with Crippen molar-refractivity contribution in [3.8, 4) is 0 Å². The summed E-state index contributed by atoms with van der Waals surface area (Å²) in [6, 6.07) is 5.00. The van der Waals surface area contributed by atoms with Gasteiger partial charge in [0.2, 0.25) is 0 Å². The average Bonchev–Trinajstić information content (AvgIpc) is 2.92. The molecular weight excluding hydrogens is 378 g/mol. The number of aryl methyl sites for hydroxylation is 1. The second kappa shape index (κ2) is 7.95. The first-order valence-corrected chi connectivity index (χ1v) is 9.39. The largest absolute Gasteiger partial charge is 0.310 e. The van der Waals surface area contributed by atoms with Crippen LogP contribution in [0.3, 0.4) is 0 Å². The summed E-state index contributed by atoms with van der Waals surface area (Å²) in [6.07, 6.45) is 8.12. The van der Waals surface area contributed by atoms with Crippen LogP contribution in [0.5, 0.6) is 0 Å². The van der Waals surface area contributed by atoms with Crippen LogP contribution < -0.4 is 5.32 Å². The van der Waals surface area contributed by atoms with E-state index in [9.17, 15) is 0 Å². The van der Waals surface area contributed by atoms with Gasteiger partial charge in [0.15, 0.2) is 0 Å². The fourth-order valence-electron chi connectivity index (χ4n) is 3.15. The first-order valence-electron chi connectivity index (χ1n) is 7.80. The highest BCUT2D eigenvalue weighted by atomic mass is 79.9. The number of nitrogens with one attached hydrogen (secondary N) is 1. The van der Waals surface area contributed by atoms with Gasteiger partial charge in [0, 0.05) is 15.0 Å². The molecule has 1 N–H and O–H groups in total. The molecule has 1 aliphatic rings. The molecule has 1 saturated carbocycles. The highest BCUT2D eigenvalue weighted by molar-refractivity contribution is 9.11. The lowest BCUT2D eigenvalue weighted by Gasteiger charge is -2.24. The number of hydrogen-bond acceptors (Lipinski definition) is 1. The molecule has 1 aromatic rings. The Hall–Kier alpha value is 0.140. The van der Waals surface area contributed by atoms with Crippen LogP contribution in [0.1, 0.15) is 62.6 Å². The van der Waals surface area contributed by atoms with Crippen molar-refractivity contribution in [2.75, 3.05) is 6.54 Å². The third-order valence-corrected chi connectivity index (χ3v) is 5.88. The molecule has 1 fully saturated rings. The van der Waals surface area contributed by atoms with Crippen molar-refractivity contribution in [2.24, 2.45) is 5.92 Å². The van der Waals surface area contributed by atoms with Gasteiger partial charge in [-0.05, 0) is 55.5 Å². The van der Waals surface area contributed by atoms with Gasteiger partial charge in [0.05, 0.1) is 0 Å². The van der Waals surface area contributed by atoms with Crippen molar-refractivity contribution in [3.05, 3.63) is 32.2 Å². The highest BCUT2D eigenvalue weighted by Gasteiger charge is 2.22. The molecule has 1 unspecified atom stereocenters. The molecule has 2 rings (SSSR count). The van der Waals surface area contributed by atoms with Crippen LogP contribution in [0.4, 0.5) is 0 Å². The highest BCUT2D eigenvalue weighted by Crippen LogP contribution is 2.37. The van der Waals surface area contributed by atoms with Crippen molar-refractivity contribution in [3.63, 3.8) is 0 Å². The maximum atomic E-state index is 3.76. The first-order chi connectivity index (χ1) is 9.61. The fraction of sp³-hybridized carbons (Fsp3) is 0.647. The van der Waals surface area contributed by atoms with Gasteiger partial charge in [-0.2, -0.15) is 0 Å². The standard InChI is InChI=1S/C17H25Br2N/c1-3-8-20-17(10-13-6-4-5-7-13)14-11-15(18)12(2)9-16(14)19/h9,11,13,17,20H,3-8,10H2,1-2H3. The Morgan fingerprint density at radius 2 is 1.90 bits per heavy atom. The van der Waals surface area contributed by atoms with Crippen LogP contribution in [-0.2, 0) is 0 Å². The zero-order valence-electron chi connectivity index (χ0n) is 12.5. The molecule has 1 atom stereocenters. The molecule has 0 aromatic heterocycles. The average molecular weight is 403 g/mol. The van der Waals surface area contributed by atoms with Crippen molar-refractivity contribution >= 4 is 31.9 Å². The smallest absolute Gasteiger partial charge is 0.0334 e. The molecule has 1 nitrogen and oxygen atoms in total. The van der Waals surface area contributed by atoms with E-state index in [0.717, 1.165) is 12.5 Å². The van der Waals surface area contributed by atoms with Gasteiger partial charge in [-0.1, -0.05) is 64.5 Å². The predicted molar refractivity (Wildman–Crippen MR) is 94.2 cm³/mol. The van der Waals surface area contributed by atoms with Crippen LogP contribution in [-0.4, -0.2) is 6.54 Å². The van der Waals surface area contributed by atoms with E-state index < -0.39 is 0 Å². The minimum Gasteiger partial charge on any atom is -0.310 e. The Balaban J connectivity index is 2.18. The molecular formula is C17H25Br2N. The third kappa shape index (κ3) is 4.32. The Kier molecular flexibility index (Phi) is 6.57. The lowest BCUT2D eigenvalue weighted by atomic mass is 9.93. The lowest BCUT2D eigenvalue weighted by molar-refractivity contribution is 0.394. The summed E-state index contributed by atoms with van der Waals surface area (Å²) >= 11 is 7.44. The van der Waals surface area contributed by atoms with Crippen LogP contribution >= 0.6 is 31.9 Å². The topological polar surface area (TPSA) is 12.0 Å². The predicted octanol–water partition coefficient (Wildman–Crippen LogP) is 6.14. The molecule has 20 heavy (non-hydrogen) atoms. The molecule has 1 aliphatic carbocycles. The monoisotopic (exact) mass is 401 g/mol. The summed E-state index contributed by atoms with van der Waals surface area (Å²) in [4.78, 5) is 0. The molecule has 0 aliphatic heterocycles. The van der Waals surface area contributed by atoms with Crippen molar-refractivity contribution in [1.82, 2.24) is 5.32 Å². The van der Waals surface area contributed by atoms with E-state index in [2.05, 4.69) is 63.2 Å². The molecule has 112 valence electrons. The summed E-state index contributed by atoms with van der Waals surface area (Å²) in [6.45, 7) is 5.47. The number of halogens is 2. The lowest BCUT2D eigenvalue weighted by Crippen LogP contribution is -2.24. The van der Waals surface area contributed by atoms with Crippen LogP contribution in [0.25, 0.3) is 0 Å². The normalized spacial score (nSPS) is 17.6. The summed E-state index contributed by atoms with van der Waals surface area (Å²) in [5.74, 6) is 0.899. The second-order valence-corrected chi connectivity index (χ2v) is 7.72. The van der Waals surface area contributed by atoms with Gasteiger partial charge >= 0.3 is 0 Å². The Bertz CT molecular complexity index is 439. The Morgan fingerprint density at radius 1 is 1.20 bits per heavy atom. The van der Waals surface area contributed by atoms with Gasteiger partial charge in [0.25, 0.3) is 0 Å². The summed E-state index contributed by atoms with van der Waals surface area (Å²) in [7, 11) is 0. The first kappa shape index (κ1) is 16.5. The summed E-state index contributed by atoms with van der Waals surface area (Å²) < 4.78 is 2.45. The quantitative estimate of drug-likeness (QED) is 0.602. The van der Waals surface area contributed by atoms with Crippen LogP contribution in [0, 0.1) is 12.8 Å². The zero-order valence-corrected chi connectivity index (χ0v) is 15.7. The third-order valence-electron chi connectivity index (χ3n) is 4.34. The Morgan fingerprint density at radius 3 is 2.55 bits per heavy atom. The molecule has 1 aromatic carbocycles. The van der Waals surface area contributed by atoms with E-state index in [1.54, 1.807) is 0 Å². The van der Waals surface area contributed by atoms with Crippen molar-refractivity contribution < 1.29 is 0 Å². The molecule has 0 heterocycles. The molecule has 0 bridgehead atoms. The Labute approximate surface area is 140 Å². The van der Waals surface area contributed by atoms with Crippen LogP contribution in [0.15, 0.2) is 21.1 Å². The van der Waals surface area contributed by atoms with E-state index in [1.165, 1.54) is 58.6 Å². The summed E-state index contributed by atoms with van der Waals surface area (Å²) in [5, 5.41) is 3.75. The molecule has 3 heteroatoms. The van der Waals surface area contributed by atoms with Gasteiger partial charge in [-0.3, -0.25) is 0 Å². The van der Waals surface area contributed by atoms with Gasteiger partial charge in [0.1, 0.15) is 0 Å². The molecule has 0 radical (unpaired) electrons. The second-order valence-electron chi connectivity index (χ2n) is 6.02. The number of rotatable bonds is 6. The molecule has 0 spiro atoms. The zero-order chi connectivity index (χ0) is 14.5. The van der Waals surface area contributed by atoms with Gasteiger partial charge in [-0.15, -0.1) is 0 Å². The minimum atomic E-state index is 0.476. The van der Waals surface area contributed by atoms with E-state index >= 15 is 0 Å². The number of hydrogen-bond donors (Lipinski definition) is 1. The maximum absolute atomic E-state index is 3.76. The van der Waals surface area contributed by atoms with E-state index in [0.29, 0.717) is 6.04 Å². The van der Waals surface area contributed by atoms with E-state index in [1.807, 2.05) is 0 Å².